The second-order valence-corrected chi connectivity index (χ2v) is 9.53. The van der Waals surface area contributed by atoms with Gasteiger partial charge in [-0.15, -0.1) is 0 Å². The first kappa shape index (κ1) is 31.7. The Morgan fingerprint density at radius 3 is 2.10 bits per heavy atom. The number of para-hydroxylation sites is 1. The molecule has 5 rings (SSSR count). The van der Waals surface area contributed by atoms with Crippen LogP contribution in [0.1, 0.15) is 17.7 Å². The Hall–Kier alpha value is -3.78. The lowest BCUT2D eigenvalue weighted by Crippen LogP contribution is -2.40. The van der Waals surface area contributed by atoms with E-state index in [2.05, 4.69) is 56.4 Å². The van der Waals surface area contributed by atoms with E-state index in [0.29, 0.717) is 6.04 Å². The van der Waals surface area contributed by atoms with Gasteiger partial charge in [0, 0.05) is 66.2 Å². The predicted molar refractivity (Wildman–Crippen MR) is 138 cm³/mol. The molecule has 0 spiro atoms. The Morgan fingerprint density at radius 1 is 0.927 bits per heavy atom. The monoisotopic (exact) mass is 606 g/mol. The number of hydrogen-bond donors (Lipinski definition) is 3. The van der Waals surface area contributed by atoms with Crippen LogP contribution in [0.2, 0.25) is 5.02 Å². The average Bonchev–Trinajstić information content (AvgIpc) is 3.56. The Balaban J connectivity index is 0.000000276. The number of carbonyl (C=O) groups is 2. The number of fused-ring (bicyclic) bond motifs is 1. The van der Waals surface area contributed by atoms with Crippen LogP contribution in [0.3, 0.4) is 0 Å². The van der Waals surface area contributed by atoms with E-state index in [1.165, 1.54) is 23.4 Å². The van der Waals surface area contributed by atoms with Crippen molar-refractivity contribution >= 4 is 29.2 Å². The molecule has 1 atom stereocenters. The first-order chi connectivity index (χ1) is 19.2. The van der Waals surface area contributed by atoms with Crippen molar-refractivity contribution < 1.29 is 46.1 Å². The second kappa shape index (κ2) is 13.3. The molecule has 41 heavy (non-hydrogen) atoms. The van der Waals surface area contributed by atoms with Crippen molar-refractivity contribution in [3.63, 3.8) is 0 Å². The molecule has 2 aliphatic rings. The Labute approximate surface area is 235 Å². The summed E-state index contributed by atoms with van der Waals surface area (Å²) in [6, 6.07) is 19.4. The molecule has 2 aromatic carbocycles. The van der Waals surface area contributed by atoms with E-state index in [1.54, 1.807) is 0 Å². The van der Waals surface area contributed by atoms with Crippen LogP contribution in [0, 0.1) is 0 Å². The number of alkyl halides is 6. The van der Waals surface area contributed by atoms with Crippen molar-refractivity contribution in [3.05, 3.63) is 70.9 Å². The van der Waals surface area contributed by atoms with Crippen molar-refractivity contribution in [2.45, 2.75) is 37.8 Å². The Morgan fingerprint density at radius 2 is 1.54 bits per heavy atom. The van der Waals surface area contributed by atoms with Gasteiger partial charge in [-0.05, 0) is 30.7 Å². The number of halogens is 7. The highest BCUT2D eigenvalue weighted by atomic mass is 35.5. The van der Waals surface area contributed by atoms with Crippen LogP contribution in [-0.2, 0) is 22.6 Å². The second-order valence-electron chi connectivity index (χ2n) is 9.09. The van der Waals surface area contributed by atoms with Crippen LogP contribution in [0.15, 0.2) is 54.6 Å². The van der Waals surface area contributed by atoms with Crippen molar-refractivity contribution in [1.82, 2.24) is 15.1 Å². The van der Waals surface area contributed by atoms with Gasteiger partial charge in [0.05, 0.1) is 5.69 Å². The van der Waals surface area contributed by atoms with Gasteiger partial charge in [0.15, 0.2) is 0 Å². The summed E-state index contributed by atoms with van der Waals surface area (Å²) in [4.78, 5) is 22.9. The van der Waals surface area contributed by atoms with E-state index >= 15 is 0 Å². The van der Waals surface area contributed by atoms with Crippen LogP contribution in [-0.4, -0.2) is 75.3 Å². The summed E-state index contributed by atoms with van der Waals surface area (Å²) in [6.45, 7) is 4.28. The molecule has 0 saturated carbocycles. The number of nitrogens with zero attached hydrogens (tertiary/aromatic N) is 3. The van der Waals surface area contributed by atoms with E-state index < -0.39 is 24.3 Å². The maximum absolute atomic E-state index is 10.6. The molecule has 1 fully saturated rings. The highest BCUT2D eigenvalue weighted by Crippen LogP contribution is 2.32. The summed E-state index contributed by atoms with van der Waals surface area (Å²) in [5.74, 6) is -5.51. The van der Waals surface area contributed by atoms with Crippen LogP contribution in [0.5, 0.6) is 0 Å². The summed E-state index contributed by atoms with van der Waals surface area (Å²) >= 11 is 6.20. The molecule has 3 aromatic rings. The fraction of sp³-hybridized carbons (Fsp3) is 0.346. The van der Waals surface area contributed by atoms with Crippen molar-refractivity contribution in [2.75, 3.05) is 24.5 Å². The minimum absolute atomic E-state index is 0.598. The van der Waals surface area contributed by atoms with Crippen LogP contribution in [0.4, 0.5) is 32.0 Å². The molecule has 0 aliphatic carbocycles. The number of carboxylic acid groups (broad SMARTS) is 2. The zero-order valence-electron chi connectivity index (χ0n) is 21.2. The average molecular weight is 607 g/mol. The molecule has 15 heteroatoms. The van der Waals surface area contributed by atoms with Gasteiger partial charge >= 0.3 is 24.3 Å². The number of nitrogens with one attached hydrogen (secondary N) is 1. The number of rotatable bonds is 3. The molecule has 8 nitrogen and oxygen atoms in total. The number of carboxylic acids is 2. The lowest BCUT2D eigenvalue weighted by molar-refractivity contribution is -0.193. The fourth-order valence-corrected chi connectivity index (χ4v) is 4.61. The maximum atomic E-state index is 10.6. The zero-order valence-corrected chi connectivity index (χ0v) is 22.0. The zero-order chi connectivity index (χ0) is 30.4. The highest BCUT2D eigenvalue weighted by Gasteiger charge is 2.39. The molecule has 0 bridgehead atoms. The molecule has 2 aliphatic heterocycles. The molecule has 0 radical (unpaired) electrons. The standard InChI is InChI=1S/C22H23ClN4.2C2HF3O2/c23-17-6-4-5-16(13-17)22-20-15-27(12-10-21(20)24-25-22)19-9-11-26(14-19)18-7-2-1-3-8-18;2*3-2(4,5)1(6)7/h1-8,13,19H,9-12,14-15H2,(H,24,25);2*(H,6,7). The third-order valence-electron chi connectivity index (χ3n) is 6.35. The number of aliphatic carboxylic acids is 2. The lowest BCUT2D eigenvalue weighted by Gasteiger charge is -2.32. The third kappa shape index (κ3) is 8.85. The minimum atomic E-state index is -5.08. The number of H-pyrrole nitrogens is 1. The largest absolute Gasteiger partial charge is 0.490 e. The number of aromatic amines is 1. The molecular formula is C26H25ClF6N4O4. The van der Waals surface area contributed by atoms with Gasteiger partial charge in [-0.1, -0.05) is 41.9 Å². The van der Waals surface area contributed by atoms with Crippen molar-refractivity contribution in [2.24, 2.45) is 0 Å². The first-order valence-corrected chi connectivity index (χ1v) is 12.5. The third-order valence-corrected chi connectivity index (χ3v) is 6.58. The lowest BCUT2D eigenvalue weighted by atomic mass is 9.99. The molecule has 0 amide bonds. The fourth-order valence-electron chi connectivity index (χ4n) is 4.42. The van der Waals surface area contributed by atoms with Crippen molar-refractivity contribution in [1.29, 1.82) is 0 Å². The molecule has 1 saturated heterocycles. The van der Waals surface area contributed by atoms with Gasteiger partial charge < -0.3 is 15.1 Å². The number of aromatic nitrogens is 2. The highest BCUT2D eigenvalue weighted by molar-refractivity contribution is 6.30. The Bertz CT molecular complexity index is 1310. The van der Waals surface area contributed by atoms with Gasteiger partial charge in [0.2, 0.25) is 0 Å². The van der Waals surface area contributed by atoms with Gasteiger partial charge in [-0.3, -0.25) is 10.00 Å². The number of hydrogen-bond acceptors (Lipinski definition) is 5. The van der Waals surface area contributed by atoms with Crippen LogP contribution in [0.25, 0.3) is 11.3 Å². The molecule has 3 heterocycles. The smallest absolute Gasteiger partial charge is 0.475 e. The number of anilines is 1. The quantitative estimate of drug-likeness (QED) is 0.331. The van der Waals surface area contributed by atoms with E-state index in [0.717, 1.165) is 48.9 Å². The van der Waals surface area contributed by atoms with E-state index in [9.17, 15) is 26.3 Å². The SMILES string of the molecule is Clc1cccc(-c2n[nH]c3c2CN(C2CCN(c4ccccc4)C2)CC3)c1.O=C(O)C(F)(F)F.O=C(O)C(F)(F)F. The molecular weight excluding hydrogens is 582 g/mol. The summed E-state index contributed by atoms with van der Waals surface area (Å²) in [6.07, 6.45) is -7.92. The topological polar surface area (TPSA) is 110 Å². The number of benzene rings is 2. The van der Waals surface area contributed by atoms with E-state index in [1.807, 2.05) is 18.2 Å². The van der Waals surface area contributed by atoms with Gasteiger partial charge in [0.25, 0.3) is 0 Å². The van der Waals surface area contributed by atoms with Gasteiger partial charge in [-0.2, -0.15) is 31.4 Å². The van der Waals surface area contributed by atoms with Crippen LogP contribution < -0.4 is 4.90 Å². The molecule has 222 valence electrons. The van der Waals surface area contributed by atoms with E-state index in [-0.39, 0.29) is 0 Å². The molecule has 1 aromatic heterocycles. The first-order valence-electron chi connectivity index (χ1n) is 12.1. The Kier molecular flexibility index (Phi) is 10.3. The maximum Gasteiger partial charge on any atom is 0.490 e. The van der Waals surface area contributed by atoms with Gasteiger partial charge in [-0.25, -0.2) is 9.59 Å². The summed E-state index contributed by atoms with van der Waals surface area (Å²) in [7, 11) is 0. The summed E-state index contributed by atoms with van der Waals surface area (Å²) < 4.78 is 63.5. The van der Waals surface area contributed by atoms with Gasteiger partial charge in [0.1, 0.15) is 0 Å². The summed E-state index contributed by atoms with van der Waals surface area (Å²) in [5, 5.41) is 22.9. The summed E-state index contributed by atoms with van der Waals surface area (Å²) in [5.41, 5.74) is 6.09. The predicted octanol–water partition coefficient (Wildman–Crippen LogP) is 5.63. The minimum Gasteiger partial charge on any atom is -0.475 e. The van der Waals surface area contributed by atoms with E-state index in [4.69, 9.17) is 31.4 Å². The molecule has 1 unspecified atom stereocenters. The van der Waals surface area contributed by atoms with Crippen LogP contribution >= 0.6 is 11.6 Å². The molecule has 3 N–H and O–H groups in total. The normalized spacial score (nSPS) is 17.0. The van der Waals surface area contributed by atoms with Crippen molar-refractivity contribution in [3.8, 4) is 11.3 Å².